The number of hydrogen-bond donors (Lipinski definition) is 1. The highest BCUT2D eigenvalue weighted by atomic mass is 35.5. The van der Waals surface area contributed by atoms with Gasteiger partial charge >= 0.3 is 6.18 Å². The number of H-pyrrole nitrogens is 1. The van der Waals surface area contributed by atoms with Crippen molar-refractivity contribution in [1.29, 1.82) is 0 Å². The number of hydrogen-bond acceptors (Lipinski definition) is 5. The highest BCUT2D eigenvalue weighted by Gasteiger charge is 2.45. The first-order chi connectivity index (χ1) is 20.0. The van der Waals surface area contributed by atoms with Crippen molar-refractivity contribution in [2.24, 2.45) is 0 Å². The maximum atomic E-state index is 14.3. The zero-order valence-electron chi connectivity index (χ0n) is 22.4. The average molecular weight is 615 g/mol. The summed E-state index contributed by atoms with van der Waals surface area (Å²) in [5.74, 6) is 0.262. The van der Waals surface area contributed by atoms with Crippen molar-refractivity contribution >= 4 is 39.9 Å². The summed E-state index contributed by atoms with van der Waals surface area (Å²) in [5.41, 5.74) is 0.136. The Morgan fingerprint density at radius 2 is 1.76 bits per heavy atom. The molecule has 0 spiro atoms. The lowest BCUT2D eigenvalue weighted by molar-refractivity contribution is -0.137. The Morgan fingerprint density at radius 3 is 2.43 bits per heavy atom. The lowest BCUT2D eigenvalue weighted by atomic mass is 9.97. The van der Waals surface area contributed by atoms with Gasteiger partial charge < -0.3 is 14.6 Å². The Morgan fingerprint density at radius 1 is 1.07 bits per heavy atom. The minimum absolute atomic E-state index is 0.171. The molecule has 1 saturated heterocycles. The lowest BCUT2D eigenvalue weighted by Crippen LogP contribution is -2.44. The largest absolute Gasteiger partial charge is 0.497 e. The van der Waals surface area contributed by atoms with E-state index in [2.05, 4.69) is 9.97 Å². The van der Waals surface area contributed by atoms with Gasteiger partial charge in [0, 0.05) is 12.1 Å². The molecule has 2 aromatic heterocycles. The Hall–Kier alpha value is -3.96. The van der Waals surface area contributed by atoms with E-state index in [1.54, 1.807) is 36.3 Å². The van der Waals surface area contributed by atoms with Crippen molar-refractivity contribution < 1.29 is 27.1 Å². The van der Waals surface area contributed by atoms with Gasteiger partial charge in [0.2, 0.25) is 0 Å². The summed E-state index contributed by atoms with van der Waals surface area (Å²) in [6, 6.07) is 15.2. The fraction of sp³-hybridized carbons (Fsp3) is 0.233. The van der Waals surface area contributed by atoms with Crippen LogP contribution in [0.2, 0.25) is 5.02 Å². The zero-order valence-corrected chi connectivity index (χ0v) is 23.9. The van der Waals surface area contributed by atoms with Crippen molar-refractivity contribution in [1.82, 2.24) is 19.9 Å². The third-order valence-corrected chi connectivity index (χ3v) is 9.01. The van der Waals surface area contributed by atoms with Crippen molar-refractivity contribution in [2.75, 3.05) is 13.7 Å². The van der Waals surface area contributed by atoms with Gasteiger partial charge in [0.05, 0.1) is 39.1 Å². The molecule has 216 valence electrons. The number of aromatic nitrogens is 3. The van der Waals surface area contributed by atoms with Crippen LogP contribution in [0, 0.1) is 5.82 Å². The minimum atomic E-state index is -4.63. The molecule has 6 rings (SSSR count). The molecule has 1 atom stereocenters. The molecule has 1 amide bonds. The summed E-state index contributed by atoms with van der Waals surface area (Å²) in [6.45, 7) is 2.22. The van der Waals surface area contributed by atoms with Gasteiger partial charge in [-0.2, -0.15) is 13.2 Å². The number of nitrogens with one attached hydrogen (secondary N) is 1. The highest BCUT2D eigenvalue weighted by Crippen LogP contribution is 2.43. The van der Waals surface area contributed by atoms with Gasteiger partial charge in [-0.05, 0) is 73.9 Å². The van der Waals surface area contributed by atoms with Crippen LogP contribution in [0.25, 0.3) is 32.0 Å². The number of nitrogens with zero attached hydrogens (tertiary/aromatic N) is 3. The molecule has 1 aliphatic rings. The van der Waals surface area contributed by atoms with Gasteiger partial charge in [-0.1, -0.05) is 23.7 Å². The highest BCUT2D eigenvalue weighted by molar-refractivity contribution is 7.18. The van der Waals surface area contributed by atoms with Crippen LogP contribution in [-0.2, 0) is 11.7 Å². The number of methoxy groups -OCH3 is 1. The van der Waals surface area contributed by atoms with Gasteiger partial charge in [-0.15, -0.1) is 11.3 Å². The number of carbonyl (C=O) groups is 1. The number of imidazole rings is 1. The van der Waals surface area contributed by atoms with E-state index in [9.17, 15) is 22.4 Å². The second-order valence-electron chi connectivity index (χ2n) is 10.2. The smallest absolute Gasteiger partial charge is 0.417 e. The average Bonchev–Trinajstić information content (AvgIpc) is 3.69. The maximum absolute atomic E-state index is 14.3. The van der Waals surface area contributed by atoms with Crippen molar-refractivity contribution in [3.8, 4) is 26.8 Å². The fourth-order valence-electron chi connectivity index (χ4n) is 5.29. The van der Waals surface area contributed by atoms with Crippen LogP contribution in [0.1, 0.15) is 41.6 Å². The Balaban J connectivity index is 1.42. The van der Waals surface area contributed by atoms with Gasteiger partial charge in [0.1, 0.15) is 28.1 Å². The molecule has 12 heteroatoms. The standard InChI is InChI=1S/C30H23ClF4N4O2S/c1-29(28-36-22-14-20(30(33,34)35)21(31)15-23(22)37-28)12-3-13-39(29)27(40)24-25(16-4-8-18(32)9-5-16)42-26(38-24)17-6-10-19(41-2)11-7-17/h4-11,14-15H,3,12-13H2,1-2H3,(H,36,37). The number of amides is 1. The predicted octanol–water partition coefficient (Wildman–Crippen LogP) is 8.32. The lowest BCUT2D eigenvalue weighted by Gasteiger charge is -2.33. The van der Waals surface area contributed by atoms with Crippen LogP contribution in [0.4, 0.5) is 17.6 Å². The number of carbonyl (C=O) groups excluding carboxylic acids is 1. The molecule has 3 heterocycles. The summed E-state index contributed by atoms with van der Waals surface area (Å²) in [5, 5.41) is 0.148. The number of alkyl halides is 3. The second-order valence-corrected chi connectivity index (χ2v) is 11.6. The molecule has 1 unspecified atom stereocenters. The number of rotatable bonds is 5. The summed E-state index contributed by atoms with van der Waals surface area (Å²) in [7, 11) is 1.57. The molecule has 1 aliphatic heterocycles. The van der Waals surface area contributed by atoms with E-state index >= 15 is 0 Å². The third-order valence-electron chi connectivity index (χ3n) is 7.55. The number of fused-ring (bicyclic) bond motifs is 1. The molecule has 0 radical (unpaired) electrons. The first-order valence-corrected chi connectivity index (χ1v) is 14.2. The number of ether oxygens (including phenoxy) is 1. The van der Waals surface area contributed by atoms with E-state index in [1.165, 1.54) is 29.5 Å². The van der Waals surface area contributed by atoms with E-state index in [1.807, 2.05) is 19.1 Å². The number of benzene rings is 3. The van der Waals surface area contributed by atoms with E-state index in [4.69, 9.17) is 21.3 Å². The summed E-state index contributed by atoms with van der Waals surface area (Å²) in [6.07, 6.45) is -3.45. The molecular formula is C30H23ClF4N4O2S. The first kappa shape index (κ1) is 28.2. The Kier molecular flexibility index (Phi) is 6.97. The van der Waals surface area contributed by atoms with Crippen LogP contribution in [0.15, 0.2) is 60.7 Å². The molecule has 0 bridgehead atoms. The summed E-state index contributed by atoms with van der Waals surface area (Å²) in [4.78, 5) is 28.8. The zero-order chi connectivity index (χ0) is 29.8. The molecule has 6 nitrogen and oxygen atoms in total. The molecule has 1 fully saturated rings. The number of likely N-dealkylation sites (tertiary alicyclic amines) is 1. The normalized spacial score (nSPS) is 17.3. The summed E-state index contributed by atoms with van der Waals surface area (Å²) < 4.78 is 59.4. The number of thiazole rings is 1. The van der Waals surface area contributed by atoms with E-state index < -0.39 is 28.1 Å². The molecule has 0 aliphatic carbocycles. The van der Waals surface area contributed by atoms with Crippen LogP contribution in [-0.4, -0.2) is 39.4 Å². The van der Waals surface area contributed by atoms with E-state index in [0.29, 0.717) is 46.4 Å². The van der Waals surface area contributed by atoms with Crippen molar-refractivity contribution in [3.63, 3.8) is 0 Å². The number of aromatic amines is 1. The molecule has 0 saturated carbocycles. The van der Waals surface area contributed by atoms with Crippen LogP contribution in [0.3, 0.4) is 0 Å². The molecular weight excluding hydrogens is 592 g/mol. The van der Waals surface area contributed by atoms with Gasteiger partial charge in [0.25, 0.3) is 5.91 Å². The van der Waals surface area contributed by atoms with E-state index in [-0.39, 0.29) is 22.6 Å². The van der Waals surface area contributed by atoms with Crippen LogP contribution >= 0.6 is 22.9 Å². The van der Waals surface area contributed by atoms with Crippen LogP contribution in [0.5, 0.6) is 5.75 Å². The van der Waals surface area contributed by atoms with Gasteiger partial charge in [-0.25, -0.2) is 14.4 Å². The Labute approximate surface area is 246 Å². The summed E-state index contributed by atoms with van der Waals surface area (Å²) >= 11 is 7.24. The molecule has 42 heavy (non-hydrogen) atoms. The van der Waals surface area contributed by atoms with Crippen LogP contribution < -0.4 is 4.74 Å². The second kappa shape index (κ2) is 10.4. The molecule has 5 aromatic rings. The monoisotopic (exact) mass is 614 g/mol. The third kappa shape index (κ3) is 4.90. The van der Waals surface area contributed by atoms with Crippen molar-refractivity contribution in [2.45, 2.75) is 31.5 Å². The number of halogens is 5. The first-order valence-electron chi connectivity index (χ1n) is 13.0. The van der Waals surface area contributed by atoms with Gasteiger partial charge in [-0.3, -0.25) is 4.79 Å². The SMILES string of the molecule is COc1ccc(-c2nc(C(=O)N3CCCC3(C)c3nc4cc(Cl)c(C(F)(F)F)cc4[nH]3)c(-c3ccc(F)cc3)s2)cc1. The van der Waals surface area contributed by atoms with Gasteiger partial charge in [0.15, 0.2) is 0 Å². The quantitative estimate of drug-likeness (QED) is 0.202. The maximum Gasteiger partial charge on any atom is 0.417 e. The molecule has 1 N–H and O–H groups in total. The fourth-order valence-corrected chi connectivity index (χ4v) is 6.62. The minimum Gasteiger partial charge on any atom is -0.497 e. The molecule has 3 aromatic carbocycles. The van der Waals surface area contributed by atoms with Crippen molar-refractivity contribution in [3.05, 3.63) is 88.6 Å². The topological polar surface area (TPSA) is 71.1 Å². The predicted molar refractivity (Wildman–Crippen MR) is 153 cm³/mol. The Bertz CT molecular complexity index is 1800. The van der Waals surface area contributed by atoms with E-state index in [0.717, 1.165) is 11.6 Å².